The molecule has 1 aliphatic carbocycles. The predicted molar refractivity (Wildman–Crippen MR) is 159 cm³/mol. The first-order valence-corrected chi connectivity index (χ1v) is 15.6. The third kappa shape index (κ3) is 8.30. The van der Waals surface area contributed by atoms with Crippen molar-refractivity contribution in [1.29, 1.82) is 5.41 Å². The van der Waals surface area contributed by atoms with E-state index in [4.69, 9.17) is 5.14 Å². The number of nitrogens with one attached hydrogen (secondary N) is 3. The van der Waals surface area contributed by atoms with Crippen molar-refractivity contribution < 1.29 is 31.9 Å². The van der Waals surface area contributed by atoms with Gasteiger partial charge in [-0.1, -0.05) is 6.07 Å². The quantitative estimate of drug-likeness (QED) is 0.184. The van der Waals surface area contributed by atoms with Gasteiger partial charge >= 0.3 is 5.97 Å². The molecular formula is C29H31F2N5O5S2. The maximum Gasteiger partial charge on any atom is 0.355 e. The number of benzene rings is 2. The highest BCUT2D eigenvalue weighted by atomic mass is 32.2. The summed E-state index contributed by atoms with van der Waals surface area (Å²) >= 11 is 1.05. The fraction of sp³-hybridized carbons (Fsp3) is 0.310. The molecule has 10 nitrogen and oxygen atoms in total. The van der Waals surface area contributed by atoms with Crippen LogP contribution in [0.3, 0.4) is 0 Å². The SMILES string of the molecule is CC(C)(C)NC(=O)c1cc(C(=N)/C(Cc2ccc(S(N)(=O)=O)c(F)c2)=C(/CC2CC2)Nc2nc(C(=O)O)cs2)ccc1F. The number of nitrogens with zero attached hydrogens (tertiary/aromatic N) is 1. The summed E-state index contributed by atoms with van der Waals surface area (Å²) < 4.78 is 53.1. The van der Waals surface area contributed by atoms with Crippen LogP contribution in [0.2, 0.25) is 0 Å². The van der Waals surface area contributed by atoms with Crippen LogP contribution in [-0.4, -0.2) is 41.6 Å². The van der Waals surface area contributed by atoms with Crippen molar-refractivity contribution in [3.63, 3.8) is 0 Å². The summed E-state index contributed by atoms with van der Waals surface area (Å²) in [6, 6.07) is 7.15. The van der Waals surface area contributed by atoms with Gasteiger partial charge < -0.3 is 15.7 Å². The van der Waals surface area contributed by atoms with Crippen LogP contribution in [0.4, 0.5) is 13.9 Å². The Hall–Kier alpha value is -4.01. The molecule has 1 heterocycles. The summed E-state index contributed by atoms with van der Waals surface area (Å²) in [6.07, 6.45) is 2.24. The lowest BCUT2D eigenvalue weighted by Crippen LogP contribution is -2.41. The fourth-order valence-electron chi connectivity index (χ4n) is 4.29. The highest BCUT2D eigenvalue weighted by Crippen LogP contribution is 2.37. The van der Waals surface area contributed by atoms with Crippen LogP contribution in [0.1, 0.15) is 72.0 Å². The Morgan fingerprint density at radius 2 is 1.84 bits per heavy atom. The van der Waals surface area contributed by atoms with E-state index in [1.165, 1.54) is 23.6 Å². The van der Waals surface area contributed by atoms with Gasteiger partial charge in [-0.2, -0.15) is 0 Å². The molecule has 1 saturated carbocycles. The van der Waals surface area contributed by atoms with Crippen molar-refractivity contribution in [3.05, 3.63) is 87.1 Å². The molecule has 6 N–H and O–H groups in total. The molecule has 4 rings (SSSR count). The van der Waals surface area contributed by atoms with Crippen LogP contribution in [0.5, 0.6) is 0 Å². The van der Waals surface area contributed by atoms with E-state index < -0.39 is 44.0 Å². The van der Waals surface area contributed by atoms with E-state index in [0.29, 0.717) is 23.3 Å². The minimum Gasteiger partial charge on any atom is -0.476 e. The van der Waals surface area contributed by atoms with Crippen LogP contribution < -0.4 is 15.8 Å². The number of primary sulfonamides is 1. The summed E-state index contributed by atoms with van der Waals surface area (Å²) in [5.41, 5.74) is 0.214. The molecule has 1 aliphatic rings. The summed E-state index contributed by atoms with van der Waals surface area (Å²) in [7, 11) is -4.31. The second-order valence-corrected chi connectivity index (χ2v) is 13.7. The molecule has 0 atom stereocenters. The number of thiazole rings is 1. The highest BCUT2D eigenvalue weighted by molar-refractivity contribution is 7.89. The maximum atomic E-state index is 14.8. The molecule has 14 heteroatoms. The zero-order valence-corrected chi connectivity index (χ0v) is 25.3. The van der Waals surface area contributed by atoms with Gasteiger partial charge in [-0.05, 0) is 81.8 Å². The van der Waals surface area contributed by atoms with Crippen molar-refractivity contribution in [3.8, 4) is 0 Å². The molecule has 0 radical (unpaired) electrons. The van der Waals surface area contributed by atoms with Crippen LogP contribution in [0.25, 0.3) is 0 Å². The molecule has 0 spiro atoms. The number of carboxylic acids is 1. The molecule has 1 aromatic heterocycles. The molecule has 3 aromatic rings. The maximum absolute atomic E-state index is 14.8. The summed E-state index contributed by atoms with van der Waals surface area (Å²) in [5, 5.41) is 31.1. The lowest BCUT2D eigenvalue weighted by molar-refractivity contribution is 0.0691. The van der Waals surface area contributed by atoms with Gasteiger partial charge in [0.25, 0.3) is 5.91 Å². The van der Waals surface area contributed by atoms with E-state index in [2.05, 4.69) is 15.6 Å². The Morgan fingerprint density at radius 1 is 1.14 bits per heavy atom. The Balaban J connectivity index is 1.82. The van der Waals surface area contributed by atoms with Crippen LogP contribution in [0.15, 0.2) is 57.9 Å². The number of nitrogens with two attached hydrogens (primary N) is 1. The third-order valence-corrected chi connectivity index (χ3v) is 8.21. The van der Waals surface area contributed by atoms with Gasteiger partial charge in [0, 0.05) is 34.2 Å². The standard InChI is InChI=1S/C29H31F2N5O5S2/c1-29(2,3)36-26(37)18-13-17(7-8-20(18)30)25(32)19(10-16-6-9-24(21(31)11-16)43(33,40)41)22(12-15-4-5-15)34-28-35-23(14-42-28)27(38)39/h6-9,11,13-15,32H,4-5,10,12H2,1-3H3,(H,34,35)(H,36,37)(H,38,39)(H2,33,40,41)/b22-19-,32-25?. The summed E-state index contributed by atoms with van der Waals surface area (Å²) in [6.45, 7) is 5.25. The van der Waals surface area contributed by atoms with Gasteiger partial charge in [-0.3, -0.25) is 10.2 Å². The number of aromatic carboxylic acids is 1. The van der Waals surface area contributed by atoms with Gasteiger partial charge in [0.2, 0.25) is 10.0 Å². The fourth-order valence-corrected chi connectivity index (χ4v) is 5.59. The monoisotopic (exact) mass is 631 g/mol. The average Bonchev–Trinajstić information content (AvgIpc) is 3.58. The molecule has 0 saturated heterocycles. The van der Waals surface area contributed by atoms with Gasteiger partial charge in [0.05, 0.1) is 11.3 Å². The van der Waals surface area contributed by atoms with E-state index >= 15 is 0 Å². The topological polar surface area (TPSA) is 175 Å². The van der Waals surface area contributed by atoms with Gasteiger partial charge in [-0.15, -0.1) is 11.3 Å². The molecule has 0 bridgehead atoms. The average molecular weight is 632 g/mol. The number of aromatic nitrogens is 1. The van der Waals surface area contributed by atoms with E-state index in [-0.39, 0.29) is 40.0 Å². The Morgan fingerprint density at radius 3 is 2.40 bits per heavy atom. The Kier molecular flexibility index (Phi) is 9.13. The molecule has 1 amide bonds. The molecule has 0 aliphatic heterocycles. The predicted octanol–water partition coefficient (Wildman–Crippen LogP) is 5.07. The zero-order valence-electron chi connectivity index (χ0n) is 23.6. The first kappa shape index (κ1) is 31.9. The number of carbonyl (C=O) groups excluding carboxylic acids is 1. The number of sulfonamides is 1. The molecular weight excluding hydrogens is 600 g/mol. The van der Waals surface area contributed by atoms with Crippen LogP contribution >= 0.6 is 11.3 Å². The Labute approximate surface area is 251 Å². The van der Waals surface area contributed by atoms with Crippen molar-refractivity contribution in [1.82, 2.24) is 10.3 Å². The number of amides is 1. The molecule has 2 aromatic carbocycles. The number of carboxylic acid groups (broad SMARTS) is 1. The summed E-state index contributed by atoms with van der Waals surface area (Å²) in [5.74, 6) is -3.43. The second kappa shape index (κ2) is 12.3. The molecule has 43 heavy (non-hydrogen) atoms. The normalized spacial score (nSPS) is 14.2. The van der Waals surface area contributed by atoms with Crippen molar-refractivity contribution in [2.24, 2.45) is 11.1 Å². The number of carbonyl (C=O) groups is 2. The van der Waals surface area contributed by atoms with Crippen LogP contribution in [0, 0.1) is 23.0 Å². The van der Waals surface area contributed by atoms with E-state index in [1.54, 1.807) is 20.8 Å². The minimum absolute atomic E-state index is 0.0617. The molecule has 0 unspecified atom stereocenters. The van der Waals surface area contributed by atoms with Crippen molar-refractivity contribution in [2.75, 3.05) is 5.32 Å². The highest BCUT2D eigenvalue weighted by Gasteiger charge is 2.28. The van der Waals surface area contributed by atoms with Gasteiger partial charge in [0.15, 0.2) is 10.8 Å². The van der Waals surface area contributed by atoms with E-state index in [0.717, 1.165) is 42.4 Å². The van der Waals surface area contributed by atoms with Gasteiger partial charge in [0.1, 0.15) is 16.5 Å². The summed E-state index contributed by atoms with van der Waals surface area (Å²) in [4.78, 5) is 27.7. The number of hydrogen-bond acceptors (Lipinski definition) is 8. The van der Waals surface area contributed by atoms with Gasteiger partial charge in [-0.25, -0.2) is 32.1 Å². The number of anilines is 1. The van der Waals surface area contributed by atoms with E-state index in [9.17, 15) is 37.3 Å². The number of hydrogen-bond donors (Lipinski definition) is 5. The largest absolute Gasteiger partial charge is 0.476 e. The minimum atomic E-state index is -4.31. The van der Waals surface area contributed by atoms with E-state index in [1.807, 2.05) is 0 Å². The Bertz CT molecular complexity index is 1740. The second-order valence-electron chi connectivity index (χ2n) is 11.3. The zero-order chi connectivity index (χ0) is 31.7. The lowest BCUT2D eigenvalue weighted by atomic mass is 9.92. The first-order valence-electron chi connectivity index (χ1n) is 13.2. The smallest absolute Gasteiger partial charge is 0.355 e. The molecule has 1 fully saturated rings. The number of allylic oxidation sites excluding steroid dienone is 2. The lowest BCUT2D eigenvalue weighted by Gasteiger charge is -2.21. The first-order chi connectivity index (χ1) is 20.0. The number of rotatable bonds is 11. The van der Waals surface area contributed by atoms with Crippen LogP contribution in [-0.2, 0) is 16.4 Å². The van der Waals surface area contributed by atoms with Crippen molar-refractivity contribution >= 4 is 44.1 Å². The molecule has 228 valence electrons. The van der Waals surface area contributed by atoms with Crippen molar-refractivity contribution in [2.45, 2.75) is 56.9 Å². The third-order valence-electron chi connectivity index (χ3n) is 6.51. The number of halogens is 2.